The summed E-state index contributed by atoms with van der Waals surface area (Å²) in [5, 5.41) is 8.29. The minimum Gasteiger partial charge on any atom is -0.263 e. The SMILES string of the molecule is C=C(C#N)/C(F)=C\N=C(C)CCC. The molecule has 0 N–H and O–H groups in total. The minimum atomic E-state index is -0.669. The first-order chi connectivity index (χ1) is 6.11. The number of hydrogen-bond donors (Lipinski definition) is 0. The fourth-order valence-electron chi connectivity index (χ4n) is 0.725. The normalized spacial score (nSPS) is 12.5. The summed E-state index contributed by atoms with van der Waals surface area (Å²) in [5.74, 6) is -0.669. The molecule has 0 rings (SSSR count). The molecule has 0 aliphatic carbocycles. The Labute approximate surface area is 78.1 Å². The third kappa shape index (κ3) is 4.91. The average Bonchev–Trinajstić information content (AvgIpc) is 2.13. The Morgan fingerprint density at radius 1 is 1.69 bits per heavy atom. The monoisotopic (exact) mass is 180 g/mol. The van der Waals surface area contributed by atoms with Gasteiger partial charge in [0.25, 0.3) is 0 Å². The molecule has 0 heterocycles. The van der Waals surface area contributed by atoms with Crippen LogP contribution in [0.25, 0.3) is 0 Å². The lowest BCUT2D eigenvalue weighted by Gasteiger charge is -1.93. The van der Waals surface area contributed by atoms with E-state index in [1.165, 1.54) is 0 Å². The molecule has 70 valence electrons. The van der Waals surface area contributed by atoms with Crippen LogP contribution in [0.15, 0.2) is 29.2 Å². The van der Waals surface area contributed by atoms with Gasteiger partial charge in [0.15, 0.2) is 5.83 Å². The van der Waals surface area contributed by atoms with Crippen LogP contribution in [0.3, 0.4) is 0 Å². The van der Waals surface area contributed by atoms with Crippen molar-refractivity contribution in [3.63, 3.8) is 0 Å². The zero-order valence-electron chi connectivity index (χ0n) is 7.97. The summed E-state index contributed by atoms with van der Waals surface area (Å²) in [4.78, 5) is 3.85. The maximum Gasteiger partial charge on any atom is 0.158 e. The molecular formula is C10H13FN2. The van der Waals surface area contributed by atoms with Crippen LogP contribution in [0, 0.1) is 11.3 Å². The van der Waals surface area contributed by atoms with Crippen molar-refractivity contribution in [3.05, 3.63) is 24.2 Å². The Morgan fingerprint density at radius 2 is 2.31 bits per heavy atom. The van der Waals surface area contributed by atoms with Gasteiger partial charge in [0.05, 0.1) is 11.8 Å². The van der Waals surface area contributed by atoms with Crippen molar-refractivity contribution in [1.82, 2.24) is 0 Å². The van der Waals surface area contributed by atoms with Crippen molar-refractivity contribution in [2.45, 2.75) is 26.7 Å². The molecule has 0 aromatic rings. The van der Waals surface area contributed by atoms with Crippen LogP contribution in [-0.4, -0.2) is 5.71 Å². The van der Waals surface area contributed by atoms with Crippen molar-refractivity contribution < 1.29 is 4.39 Å². The Bertz CT molecular complexity index is 282. The number of nitrogens with zero attached hydrogens (tertiary/aromatic N) is 2. The van der Waals surface area contributed by atoms with E-state index in [2.05, 4.69) is 11.6 Å². The van der Waals surface area contributed by atoms with Gasteiger partial charge in [-0.1, -0.05) is 19.9 Å². The van der Waals surface area contributed by atoms with Gasteiger partial charge in [0.1, 0.15) is 6.07 Å². The molecular weight excluding hydrogens is 167 g/mol. The molecule has 0 aliphatic heterocycles. The molecule has 0 unspecified atom stereocenters. The molecule has 0 aromatic carbocycles. The van der Waals surface area contributed by atoms with Gasteiger partial charge in [0, 0.05) is 5.71 Å². The number of nitriles is 1. The second kappa shape index (κ2) is 6.13. The van der Waals surface area contributed by atoms with Crippen LogP contribution in [0.2, 0.25) is 0 Å². The zero-order chi connectivity index (χ0) is 10.3. The quantitative estimate of drug-likeness (QED) is 0.372. The summed E-state index contributed by atoms with van der Waals surface area (Å²) in [5.41, 5.74) is 0.663. The lowest BCUT2D eigenvalue weighted by atomic mass is 10.2. The maximum absolute atomic E-state index is 12.8. The minimum absolute atomic E-state index is 0.187. The van der Waals surface area contributed by atoms with Crippen molar-refractivity contribution >= 4 is 5.71 Å². The third-order valence-electron chi connectivity index (χ3n) is 1.43. The van der Waals surface area contributed by atoms with Gasteiger partial charge in [-0.3, -0.25) is 4.99 Å². The van der Waals surface area contributed by atoms with E-state index < -0.39 is 5.83 Å². The lowest BCUT2D eigenvalue weighted by Crippen LogP contribution is -1.88. The zero-order valence-corrected chi connectivity index (χ0v) is 7.97. The van der Waals surface area contributed by atoms with Crippen molar-refractivity contribution in [2.75, 3.05) is 0 Å². The topological polar surface area (TPSA) is 36.1 Å². The van der Waals surface area contributed by atoms with E-state index in [9.17, 15) is 4.39 Å². The van der Waals surface area contributed by atoms with Crippen LogP contribution in [0.5, 0.6) is 0 Å². The summed E-state index contributed by atoms with van der Waals surface area (Å²) in [6, 6.07) is 1.61. The highest BCUT2D eigenvalue weighted by molar-refractivity contribution is 5.82. The summed E-state index contributed by atoms with van der Waals surface area (Å²) in [6.07, 6.45) is 2.85. The Morgan fingerprint density at radius 3 is 2.77 bits per heavy atom. The number of hydrogen-bond acceptors (Lipinski definition) is 2. The second-order valence-corrected chi connectivity index (χ2v) is 2.68. The highest BCUT2D eigenvalue weighted by Crippen LogP contribution is 2.07. The van der Waals surface area contributed by atoms with Gasteiger partial charge < -0.3 is 0 Å². The van der Waals surface area contributed by atoms with Crippen LogP contribution in [0.4, 0.5) is 4.39 Å². The molecule has 0 fully saturated rings. The first kappa shape index (κ1) is 11.6. The molecule has 0 amide bonds. The van der Waals surface area contributed by atoms with Crippen molar-refractivity contribution in [2.24, 2.45) is 4.99 Å². The van der Waals surface area contributed by atoms with E-state index in [-0.39, 0.29) is 5.57 Å². The van der Waals surface area contributed by atoms with Crippen molar-refractivity contribution in [1.29, 1.82) is 5.26 Å². The fourth-order valence-corrected chi connectivity index (χ4v) is 0.725. The van der Waals surface area contributed by atoms with Gasteiger partial charge in [-0.05, 0) is 13.3 Å². The fraction of sp³-hybridized carbons (Fsp3) is 0.400. The number of rotatable bonds is 4. The van der Waals surface area contributed by atoms with Gasteiger partial charge in [-0.25, -0.2) is 4.39 Å². The first-order valence-electron chi connectivity index (χ1n) is 4.10. The van der Waals surface area contributed by atoms with E-state index in [1.807, 2.05) is 13.8 Å². The molecule has 0 radical (unpaired) electrons. The number of aliphatic imine (C=N–C) groups is 1. The van der Waals surface area contributed by atoms with E-state index >= 15 is 0 Å². The smallest absolute Gasteiger partial charge is 0.158 e. The van der Waals surface area contributed by atoms with Gasteiger partial charge in [-0.15, -0.1) is 0 Å². The molecule has 0 spiro atoms. The third-order valence-corrected chi connectivity index (χ3v) is 1.43. The summed E-state index contributed by atoms with van der Waals surface area (Å²) >= 11 is 0. The molecule has 0 saturated heterocycles. The summed E-state index contributed by atoms with van der Waals surface area (Å²) in [7, 11) is 0. The molecule has 0 aliphatic rings. The predicted octanol–water partition coefficient (Wildman–Crippen LogP) is 3.14. The molecule has 0 atom stereocenters. The summed E-state index contributed by atoms with van der Waals surface area (Å²) in [6.45, 7) is 7.07. The number of halogens is 1. The molecule has 0 saturated carbocycles. The van der Waals surface area contributed by atoms with E-state index in [1.54, 1.807) is 6.07 Å². The molecule has 3 heteroatoms. The Kier molecular flexibility index (Phi) is 5.45. The molecule has 2 nitrogen and oxygen atoms in total. The highest BCUT2D eigenvalue weighted by Gasteiger charge is 1.97. The predicted molar refractivity (Wildman–Crippen MR) is 52.0 cm³/mol. The van der Waals surface area contributed by atoms with E-state index in [0.717, 1.165) is 24.8 Å². The maximum atomic E-state index is 12.8. The van der Waals surface area contributed by atoms with Crippen LogP contribution in [-0.2, 0) is 0 Å². The Hall–Kier alpha value is -1.43. The molecule has 13 heavy (non-hydrogen) atoms. The first-order valence-corrected chi connectivity index (χ1v) is 4.10. The van der Waals surface area contributed by atoms with Crippen LogP contribution >= 0.6 is 0 Å². The largest absolute Gasteiger partial charge is 0.263 e. The molecule has 0 aromatic heterocycles. The van der Waals surface area contributed by atoms with E-state index in [0.29, 0.717) is 0 Å². The van der Waals surface area contributed by atoms with Gasteiger partial charge >= 0.3 is 0 Å². The summed E-state index contributed by atoms with van der Waals surface area (Å²) < 4.78 is 12.8. The second-order valence-electron chi connectivity index (χ2n) is 2.68. The van der Waals surface area contributed by atoms with Crippen LogP contribution in [0.1, 0.15) is 26.7 Å². The van der Waals surface area contributed by atoms with Gasteiger partial charge in [-0.2, -0.15) is 5.26 Å². The Balaban J connectivity index is 4.34. The standard InChI is InChI=1S/C10H13FN2/c1-4-5-9(3)13-7-10(11)8(2)6-12/h7H,2,4-5H2,1,3H3/b10-7+,13-9?. The average molecular weight is 180 g/mol. The van der Waals surface area contributed by atoms with Gasteiger partial charge in [0.2, 0.25) is 0 Å². The van der Waals surface area contributed by atoms with E-state index in [4.69, 9.17) is 5.26 Å². The van der Waals surface area contributed by atoms with Crippen molar-refractivity contribution in [3.8, 4) is 6.07 Å². The lowest BCUT2D eigenvalue weighted by molar-refractivity contribution is 0.655. The number of allylic oxidation sites excluding steroid dienone is 2. The molecule has 0 bridgehead atoms. The highest BCUT2D eigenvalue weighted by atomic mass is 19.1. The van der Waals surface area contributed by atoms with Crippen LogP contribution < -0.4 is 0 Å².